The molecule has 2 unspecified atom stereocenters. The van der Waals surface area contributed by atoms with Gasteiger partial charge < -0.3 is 14.6 Å². The minimum absolute atomic E-state index is 0.0994. The molecule has 3 aromatic rings. The van der Waals surface area contributed by atoms with Crippen LogP contribution in [-0.2, 0) is 11.3 Å². The lowest BCUT2D eigenvalue weighted by Crippen LogP contribution is -2.18. The van der Waals surface area contributed by atoms with Gasteiger partial charge in [0, 0.05) is 42.0 Å². The fraction of sp³-hybridized carbons (Fsp3) is 0.476. The molecule has 26 heavy (non-hydrogen) atoms. The van der Waals surface area contributed by atoms with Crippen molar-refractivity contribution in [2.75, 3.05) is 19.7 Å². The van der Waals surface area contributed by atoms with Gasteiger partial charge in [0.25, 0.3) is 0 Å². The van der Waals surface area contributed by atoms with Crippen molar-refractivity contribution in [2.24, 2.45) is 5.92 Å². The number of nitrogens with one attached hydrogen (secondary N) is 1. The van der Waals surface area contributed by atoms with Gasteiger partial charge in [0.2, 0.25) is 0 Å². The maximum absolute atomic E-state index is 5.84. The lowest BCUT2D eigenvalue weighted by molar-refractivity contribution is -0.0394. The van der Waals surface area contributed by atoms with Crippen molar-refractivity contribution in [2.45, 2.75) is 38.5 Å². The predicted octanol–water partition coefficient (Wildman–Crippen LogP) is 3.81. The van der Waals surface area contributed by atoms with Crippen LogP contribution in [0.5, 0.6) is 0 Å². The molecule has 136 valence electrons. The minimum atomic E-state index is 0.0994. The summed E-state index contributed by atoms with van der Waals surface area (Å²) >= 11 is 0. The van der Waals surface area contributed by atoms with E-state index in [1.54, 1.807) is 0 Å². The van der Waals surface area contributed by atoms with Crippen LogP contribution in [0, 0.1) is 5.92 Å². The molecule has 2 fully saturated rings. The van der Waals surface area contributed by atoms with Crippen LogP contribution in [0.3, 0.4) is 0 Å². The van der Waals surface area contributed by atoms with Gasteiger partial charge in [0.15, 0.2) is 0 Å². The molecule has 5 rings (SSSR count). The van der Waals surface area contributed by atoms with E-state index in [1.165, 1.54) is 29.3 Å². The zero-order valence-corrected chi connectivity index (χ0v) is 15.1. The van der Waals surface area contributed by atoms with Crippen LogP contribution in [0.25, 0.3) is 22.0 Å². The molecule has 1 aromatic carbocycles. The number of fused-ring (bicyclic) bond motifs is 1. The summed E-state index contributed by atoms with van der Waals surface area (Å²) in [5, 5.41) is 9.31. The van der Waals surface area contributed by atoms with Crippen molar-refractivity contribution in [1.82, 2.24) is 19.7 Å². The van der Waals surface area contributed by atoms with Crippen LogP contribution < -0.4 is 5.32 Å². The highest BCUT2D eigenvalue weighted by Crippen LogP contribution is 2.28. The number of nitrogens with zero attached hydrogens (tertiary/aromatic N) is 3. The van der Waals surface area contributed by atoms with Gasteiger partial charge in [-0.2, -0.15) is 5.10 Å². The van der Waals surface area contributed by atoms with Gasteiger partial charge in [0.05, 0.1) is 6.20 Å². The van der Waals surface area contributed by atoms with Crippen molar-refractivity contribution >= 4 is 10.9 Å². The van der Waals surface area contributed by atoms with E-state index in [-0.39, 0.29) is 6.23 Å². The van der Waals surface area contributed by atoms with Crippen LogP contribution in [0.1, 0.15) is 31.9 Å². The highest BCUT2D eigenvalue weighted by molar-refractivity contribution is 5.85. The highest BCUT2D eigenvalue weighted by Gasteiger charge is 2.18. The third-order valence-corrected chi connectivity index (χ3v) is 5.77. The first-order chi connectivity index (χ1) is 12.9. The Morgan fingerprint density at radius 1 is 1.15 bits per heavy atom. The molecule has 0 spiro atoms. The second-order valence-electron chi connectivity index (χ2n) is 7.63. The van der Waals surface area contributed by atoms with Crippen LogP contribution in [0.2, 0.25) is 0 Å². The van der Waals surface area contributed by atoms with Crippen molar-refractivity contribution in [3.05, 3.63) is 42.9 Å². The van der Waals surface area contributed by atoms with Gasteiger partial charge in [-0.3, -0.25) is 0 Å². The molecule has 2 aromatic heterocycles. The molecule has 5 nitrogen and oxygen atoms in total. The summed E-state index contributed by atoms with van der Waals surface area (Å²) in [6.07, 6.45) is 11.1. The van der Waals surface area contributed by atoms with E-state index in [0.29, 0.717) is 0 Å². The van der Waals surface area contributed by atoms with Crippen molar-refractivity contribution in [3.63, 3.8) is 0 Å². The number of hydrogen-bond donors (Lipinski definition) is 1. The molecule has 2 aliphatic heterocycles. The molecule has 4 heterocycles. The summed E-state index contributed by atoms with van der Waals surface area (Å²) in [5.41, 5.74) is 3.71. The predicted molar refractivity (Wildman–Crippen MR) is 103 cm³/mol. The summed E-state index contributed by atoms with van der Waals surface area (Å²) in [4.78, 5) is 0. The smallest absolute Gasteiger partial charge is 0.150 e. The fourth-order valence-corrected chi connectivity index (χ4v) is 4.26. The summed E-state index contributed by atoms with van der Waals surface area (Å²) in [6.45, 7) is 4.24. The van der Waals surface area contributed by atoms with Crippen molar-refractivity contribution in [3.8, 4) is 11.1 Å². The molecular weight excluding hydrogens is 324 g/mol. The monoisotopic (exact) mass is 350 g/mol. The van der Waals surface area contributed by atoms with Crippen LogP contribution in [-0.4, -0.2) is 34.0 Å². The van der Waals surface area contributed by atoms with Crippen LogP contribution in [0.15, 0.2) is 42.9 Å². The Kier molecular flexibility index (Phi) is 4.27. The van der Waals surface area contributed by atoms with E-state index >= 15 is 0 Å². The second-order valence-corrected chi connectivity index (χ2v) is 7.63. The summed E-state index contributed by atoms with van der Waals surface area (Å²) in [7, 11) is 0. The molecule has 2 saturated heterocycles. The van der Waals surface area contributed by atoms with E-state index in [4.69, 9.17) is 4.74 Å². The van der Waals surface area contributed by atoms with E-state index in [1.807, 2.05) is 10.9 Å². The summed E-state index contributed by atoms with van der Waals surface area (Å²) in [6, 6.07) is 8.98. The normalized spacial score (nSPS) is 23.7. The van der Waals surface area contributed by atoms with Gasteiger partial charge in [0.1, 0.15) is 6.23 Å². The highest BCUT2D eigenvalue weighted by atomic mass is 16.5. The first-order valence-corrected chi connectivity index (χ1v) is 9.82. The Balaban J connectivity index is 1.38. The van der Waals surface area contributed by atoms with Gasteiger partial charge in [-0.05, 0) is 68.5 Å². The van der Waals surface area contributed by atoms with Crippen LogP contribution in [0.4, 0.5) is 0 Å². The Morgan fingerprint density at radius 3 is 3.00 bits per heavy atom. The molecule has 0 radical (unpaired) electrons. The number of hydrogen-bond acceptors (Lipinski definition) is 3. The molecule has 0 aliphatic carbocycles. The zero-order valence-electron chi connectivity index (χ0n) is 15.1. The lowest BCUT2D eigenvalue weighted by atomic mass is 10.1. The van der Waals surface area contributed by atoms with E-state index in [0.717, 1.165) is 50.6 Å². The van der Waals surface area contributed by atoms with Gasteiger partial charge >= 0.3 is 0 Å². The third-order valence-electron chi connectivity index (χ3n) is 5.77. The van der Waals surface area contributed by atoms with E-state index < -0.39 is 0 Å². The topological polar surface area (TPSA) is 44.0 Å². The summed E-state index contributed by atoms with van der Waals surface area (Å²) < 4.78 is 10.2. The zero-order chi connectivity index (χ0) is 17.3. The number of benzene rings is 1. The Bertz CT molecular complexity index is 884. The third kappa shape index (κ3) is 3.06. The lowest BCUT2D eigenvalue weighted by Gasteiger charge is -2.22. The van der Waals surface area contributed by atoms with E-state index in [9.17, 15) is 0 Å². The van der Waals surface area contributed by atoms with E-state index in [2.05, 4.69) is 51.6 Å². The molecular formula is C21H26N4O. The van der Waals surface area contributed by atoms with Gasteiger partial charge in [-0.25, -0.2) is 4.68 Å². The van der Waals surface area contributed by atoms with Gasteiger partial charge in [-0.15, -0.1) is 0 Å². The van der Waals surface area contributed by atoms with Crippen LogP contribution >= 0.6 is 0 Å². The average molecular weight is 350 g/mol. The second kappa shape index (κ2) is 6.89. The minimum Gasteiger partial charge on any atom is -0.357 e. The fourth-order valence-electron chi connectivity index (χ4n) is 4.26. The SMILES string of the molecule is c1cc2c(ccn2CC2CCNC2)cc1-c1cnn(C2CCCCO2)c1. The molecule has 2 aliphatic rings. The molecule has 2 atom stereocenters. The molecule has 0 amide bonds. The largest absolute Gasteiger partial charge is 0.357 e. The number of rotatable bonds is 4. The number of ether oxygens (including phenoxy) is 1. The maximum Gasteiger partial charge on any atom is 0.150 e. The van der Waals surface area contributed by atoms with Crippen molar-refractivity contribution < 1.29 is 4.74 Å². The number of aromatic nitrogens is 3. The Labute approximate surface area is 153 Å². The van der Waals surface area contributed by atoms with Gasteiger partial charge in [-0.1, -0.05) is 6.07 Å². The Morgan fingerprint density at radius 2 is 2.15 bits per heavy atom. The molecule has 0 saturated carbocycles. The molecule has 5 heteroatoms. The summed E-state index contributed by atoms with van der Waals surface area (Å²) in [5.74, 6) is 0.749. The standard InChI is InChI=1S/C21H26N4O/c1-2-10-26-21(3-1)25-15-19(13-23-25)17-4-5-20-18(11-17)7-9-24(20)14-16-6-8-22-12-16/h4-5,7,9,11,13,15-16,21-22H,1-3,6,8,10,12,14H2. The Hall–Kier alpha value is -2.11. The first kappa shape index (κ1) is 16.1. The quantitative estimate of drug-likeness (QED) is 0.778. The molecule has 0 bridgehead atoms. The first-order valence-electron chi connectivity index (χ1n) is 9.82. The maximum atomic E-state index is 5.84. The van der Waals surface area contributed by atoms with Crippen molar-refractivity contribution in [1.29, 1.82) is 0 Å². The molecule has 1 N–H and O–H groups in total. The average Bonchev–Trinajstić information content (AvgIpc) is 3.44.